The summed E-state index contributed by atoms with van der Waals surface area (Å²) in [7, 11) is 2.01. The summed E-state index contributed by atoms with van der Waals surface area (Å²) < 4.78 is 25.0. The van der Waals surface area contributed by atoms with Crippen molar-refractivity contribution in [2.75, 3.05) is 31.7 Å². The van der Waals surface area contributed by atoms with E-state index in [0.29, 0.717) is 35.4 Å². The second-order valence-electron chi connectivity index (χ2n) is 6.71. The molecule has 28 heavy (non-hydrogen) atoms. The third kappa shape index (κ3) is 3.85. The van der Waals surface area contributed by atoms with Crippen molar-refractivity contribution >= 4 is 28.5 Å². The summed E-state index contributed by atoms with van der Waals surface area (Å²) in [5.41, 5.74) is 2.64. The number of nitrogens with zero attached hydrogens (tertiary/aromatic N) is 2. The normalized spacial score (nSPS) is 15.1. The maximum absolute atomic E-state index is 14.1. The standard InChI is InChI=1S/C21H22FN3O3/c1-25(10-9-19-27-11-12-28-19)15-7-5-14(6-8-15)23-13-16-20-17(22)3-2-4-18(20)24-21(16)26/h2-8,13,19,24,26H,9-12H2,1H3. The first kappa shape index (κ1) is 18.5. The second-order valence-corrected chi connectivity index (χ2v) is 6.71. The Kier molecular flexibility index (Phi) is 5.27. The van der Waals surface area contributed by atoms with Gasteiger partial charge in [0.25, 0.3) is 0 Å². The minimum absolute atomic E-state index is 0.100. The van der Waals surface area contributed by atoms with E-state index in [-0.39, 0.29) is 12.2 Å². The molecule has 2 aromatic carbocycles. The van der Waals surface area contributed by atoms with Gasteiger partial charge in [0, 0.05) is 37.3 Å². The molecule has 3 aromatic rings. The zero-order chi connectivity index (χ0) is 19.5. The van der Waals surface area contributed by atoms with Crippen LogP contribution in [-0.2, 0) is 9.47 Å². The fourth-order valence-electron chi connectivity index (χ4n) is 3.28. The van der Waals surface area contributed by atoms with E-state index >= 15 is 0 Å². The summed E-state index contributed by atoms with van der Waals surface area (Å²) >= 11 is 0. The molecule has 0 unspecified atom stereocenters. The molecule has 2 heterocycles. The Hall–Kier alpha value is -2.90. The molecule has 6 nitrogen and oxygen atoms in total. The topological polar surface area (TPSA) is 70.1 Å². The minimum atomic E-state index is -0.400. The number of hydrogen-bond acceptors (Lipinski definition) is 5. The van der Waals surface area contributed by atoms with Crippen LogP contribution in [0.2, 0.25) is 0 Å². The second kappa shape index (κ2) is 8.00. The lowest BCUT2D eigenvalue weighted by atomic mass is 10.1. The van der Waals surface area contributed by atoms with Gasteiger partial charge in [-0.05, 0) is 36.4 Å². The van der Waals surface area contributed by atoms with E-state index in [1.165, 1.54) is 12.3 Å². The molecule has 0 amide bonds. The number of aromatic nitrogens is 1. The Morgan fingerprint density at radius 1 is 1.21 bits per heavy atom. The van der Waals surface area contributed by atoms with E-state index < -0.39 is 5.82 Å². The van der Waals surface area contributed by atoms with Crippen LogP contribution in [0.4, 0.5) is 15.8 Å². The monoisotopic (exact) mass is 383 g/mol. The highest BCUT2D eigenvalue weighted by Gasteiger charge is 2.16. The fourth-order valence-corrected chi connectivity index (χ4v) is 3.28. The van der Waals surface area contributed by atoms with E-state index in [4.69, 9.17) is 9.47 Å². The quantitative estimate of drug-likeness (QED) is 0.632. The van der Waals surface area contributed by atoms with Gasteiger partial charge in [-0.2, -0.15) is 0 Å². The SMILES string of the molecule is CN(CCC1OCCO1)c1ccc(N=Cc2c(O)[nH]c3cccc(F)c23)cc1. The van der Waals surface area contributed by atoms with Crippen LogP contribution in [-0.4, -0.2) is 49.4 Å². The van der Waals surface area contributed by atoms with Crippen molar-refractivity contribution in [2.24, 2.45) is 4.99 Å². The molecule has 0 spiro atoms. The average molecular weight is 383 g/mol. The van der Waals surface area contributed by atoms with Gasteiger partial charge in [-0.3, -0.25) is 4.99 Å². The van der Waals surface area contributed by atoms with Gasteiger partial charge >= 0.3 is 0 Å². The molecular weight excluding hydrogens is 361 g/mol. The number of H-pyrrole nitrogens is 1. The zero-order valence-corrected chi connectivity index (χ0v) is 15.6. The van der Waals surface area contributed by atoms with Crippen molar-refractivity contribution in [2.45, 2.75) is 12.7 Å². The van der Waals surface area contributed by atoms with Crippen molar-refractivity contribution in [3.8, 4) is 5.88 Å². The Bertz CT molecular complexity index is 978. The molecule has 0 aliphatic carbocycles. The molecule has 0 bridgehead atoms. The average Bonchev–Trinajstić information content (AvgIpc) is 3.33. The maximum Gasteiger partial charge on any atom is 0.198 e. The molecule has 0 atom stereocenters. The number of hydrogen-bond donors (Lipinski definition) is 2. The number of anilines is 1. The third-order valence-corrected chi connectivity index (χ3v) is 4.82. The van der Waals surface area contributed by atoms with E-state index in [9.17, 15) is 9.50 Å². The Morgan fingerprint density at radius 2 is 1.96 bits per heavy atom. The van der Waals surface area contributed by atoms with Crippen LogP contribution in [0.1, 0.15) is 12.0 Å². The minimum Gasteiger partial charge on any atom is -0.494 e. The van der Waals surface area contributed by atoms with Crippen LogP contribution < -0.4 is 4.90 Å². The van der Waals surface area contributed by atoms with Crippen molar-refractivity contribution in [3.05, 3.63) is 53.8 Å². The van der Waals surface area contributed by atoms with Gasteiger partial charge in [-0.1, -0.05) is 6.07 Å². The number of halogens is 1. The summed E-state index contributed by atoms with van der Waals surface area (Å²) in [6.45, 7) is 2.14. The van der Waals surface area contributed by atoms with Crippen LogP contribution in [0, 0.1) is 5.82 Å². The van der Waals surface area contributed by atoms with Crippen LogP contribution in [0.3, 0.4) is 0 Å². The van der Waals surface area contributed by atoms with E-state index in [0.717, 1.165) is 18.7 Å². The first-order chi connectivity index (χ1) is 13.6. The van der Waals surface area contributed by atoms with Crippen LogP contribution in [0.25, 0.3) is 10.9 Å². The van der Waals surface area contributed by atoms with Crippen molar-refractivity contribution in [3.63, 3.8) is 0 Å². The van der Waals surface area contributed by atoms with Gasteiger partial charge in [0.1, 0.15) is 5.82 Å². The van der Waals surface area contributed by atoms with E-state index in [2.05, 4.69) is 14.9 Å². The predicted octanol–water partition coefficient (Wildman–Crippen LogP) is 3.96. The molecule has 1 aromatic heterocycles. The Labute approximate surface area is 162 Å². The highest BCUT2D eigenvalue weighted by molar-refractivity contribution is 6.02. The largest absolute Gasteiger partial charge is 0.494 e. The molecule has 146 valence electrons. The van der Waals surface area contributed by atoms with Crippen molar-refractivity contribution < 1.29 is 19.0 Å². The number of aromatic amines is 1. The van der Waals surface area contributed by atoms with Gasteiger partial charge in [0.2, 0.25) is 0 Å². The third-order valence-electron chi connectivity index (χ3n) is 4.82. The molecule has 1 saturated heterocycles. The number of ether oxygens (including phenoxy) is 2. The summed E-state index contributed by atoms with van der Waals surface area (Å²) in [5, 5.41) is 10.4. The lowest BCUT2D eigenvalue weighted by Crippen LogP contribution is -2.23. The number of fused-ring (bicyclic) bond motifs is 1. The lowest BCUT2D eigenvalue weighted by molar-refractivity contribution is -0.0447. The first-order valence-electron chi connectivity index (χ1n) is 9.19. The zero-order valence-electron chi connectivity index (χ0n) is 15.6. The molecule has 1 aliphatic rings. The van der Waals surface area contributed by atoms with E-state index in [1.54, 1.807) is 12.1 Å². The summed E-state index contributed by atoms with van der Waals surface area (Å²) in [4.78, 5) is 9.27. The smallest absolute Gasteiger partial charge is 0.198 e. The highest BCUT2D eigenvalue weighted by atomic mass is 19.1. The fraction of sp³-hybridized carbons (Fsp3) is 0.286. The first-order valence-corrected chi connectivity index (χ1v) is 9.19. The molecule has 4 rings (SSSR count). The van der Waals surface area contributed by atoms with Crippen LogP contribution >= 0.6 is 0 Å². The lowest BCUT2D eigenvalue weighted by Gasteiger charge is -2.20. The molecule has 0 saturated carbocycles. The molecule has 1 aliphatic heterocycles. The van der Waals surface area contributed by atoms with Crippen LogP contribution in [0.5, 0.6) is 5.88 Å². The Morgan fingerprint density at radius 3 is 2.71 bits per heavy atom. The van der Waals surface area contributed by atoms with Gasteiger partial charge in [-0.15, -0.1) is 0 Å². The Balaban J connectivity index is 1.45. The van der Waals surface area contributed by atoms with Gasteiger partial charge in [0.15, 0.2) is 12.2 Å². The number of nitrogens with one attached hydrogen (secondary N) is 1. The molecule has 7 heteroatoms. The molecule has 1 fully saturated rings. The van der Waals surface area contributed by atoms with Crippen LogP contribution in [0.15, 0.2) is 47.5 Å². The number of rotatable bonds is 6. The van der Waals surface area contributed by atoms with E-state index in [1.807, 2.05) is 31.3 Å². The van der Waals surface area contributed by atoms with Gasteiger partial charge in [0.05, 0.1) is 30.0 Å². The summed E-state index contributed by atoms with van der Waals surface area (Å²) in [6, 6.07) is 12.4. The summed E-state index contributed by atoms with van der Waals surface area (Å²) in [6.07, 6.45) is 2.17. The number of aromatic hydroxyl groups is 1. The molecule has 2 N–H and O–H groups in total. The maximum atomic E-state index is 14.1. The summed E-state index contributed by atoms with van der Waals surface area (Å²) in [5.74, 6) is -0.501. The number of aliphatic imine (C=N–C) groups is 1. The highest BCUT2D eigenvalue weighted by Crippen LogP contribution is 2.28. The molecule has 0 radical (unpaired) electrons. The van der Waals surface area contributed by atoms with Crippen molar-refractivity contribution in [1.82, 2.24) is 4.98 Å². The van der Waals surface area contributed by atoms with Gasteiger partial charge in [-0.25, -0.2) is 4.39 Å². The molecular formula is C21H22FN3O3. The van der Waals surface area contributed by atoms with Crippen molar-refractivity contribution in [1.29, 1.82) is 0 Å². The van der Waals surface area contributed by atoms with Gasteiger partial charge < -0.3 is 24.5 Å². The predicted molar refractivity (Wildman–Crippen MR) is 107 cm³/mol. The number of benzene rings is 2.